The van der Waals surface area contributed by atoms with Gasteiger partial charge in [-0.2, -0.15) is 12.6 Å². The van der Waals surface area contributed by atoms with Crippen LogP contribution >= 0.6 is 12.6 Å². The minimum absolute atomic E-state index is 0.143. The number of carboxylic acids is 2. The van der Waals surface area contributed by atoms with Gasteiger partial charge >= 0.3 is 11.9 Å². The molecule has 4 atom stereocenters. The molecule has 0 aromatic carbocycles. The maximum atomic E-state index is 12.0. The fraction of sp³-hybridized carbons (Fsp3) is 0.667. The Morgan fingerprint density at radius 1 is 1.09 bits per heavy atom. The van der Waals surface area contributed by atoms with E-state index >= 15 is 0 Å². The molecule has 0 fully saturated rings. The van der Waals surface area contributed by atoms with Gasteiger partial charge in [0.05, 0.1) is 6.10 Å². The summed E-state index contributed by atoms with van der Waals surface area (Å²) >= 11 is 3.89. The standard InChI is InChI=1S/C12H21N3O7S/c1-5(16)9(13)11(20)15-7(4-23)10(19)14-6(12(21)22)2-3-8(17)18/h5-7,9,16,23H,2-4,13H2,1H3,(H,14,19)(H,15,20)(H,17,18)(H,21,22)/t5-,6+,7+,9+/m1/s1. The van der Waals surface area contributed by atoms with Crippen molar-refractivity contribution in [3.8, 4) is 0 Å². The molecule has 132 valence electrons. The van der Waals surface area contributed by atoms with E-state index < -0.39 is 54.4 Å². The van der Waals surface area contributed by atoms with E-state index in [2.05, 4.69) is 23.3 Å². The second-order valence-corrected chi connectivity index (χ2v) is 5.21. The first-order valence-corrected chi connectivity index (χ1v) is 7.33. The number of aliphatic hydroxyl groups excluding tert-OH is 1. The van der Waals surface area contributed by atoms with Crippen LogP contribution in [0.25, 0.3) is 0 Å². The van der Waals surface area contributed by atoms with Crippen LogP contribution in [-0.2, 0) is 19.2 Å². The Morgan fingerprint density at radius 3 is 2.00 bits per heavy atom. The van der Waals surface area contributed by atoms with E-state index in [0.29, 0.717) is 0 Å². The van der Waals surface area contributed by atoms with Gasteiger partial charge < -0.3 is 31.7 Å². The zero-order valence-electron chi connectivity index (χ0n) is 12.4. The number of nitrogens with two attached hydrogens (primary N) is 1. The lowest BCUT2D eigenvalue weighted by Gasteiger charge is -2.22. The number of carboxylic acid groups (broad SMARTS) is 2. The van der Waals surface area contributed by atoms with Crippen LogP contribution < -0.4 is 16.4 Å². The highest BCUT2D eigenvalue weighted by atomic mass is 32.1. The molecule has 11 heteroatoms. The van der Waals surface area contributed by atoms with Crippen LogP contribution in [0.3, 0.4) is 0 Å². The van der Waals surface area contributed by atoms with Gasteiger partial charge in [0, 0.05) is 12.2 Å². The monoisotopic (exact) mass is 351 g/mol. The Labute approximate surface area is 137 Å². The van der Waals surface area contributed by atoms with Gasteiger partial charge in [-0.1, -0.05) is 0 Å². The molecule has 0 rings (SSSR count). The van der Waals surface area contributed by atoms with Gasteiger partial charge in [0.15, 0.2) is 0 Å². The molecule has 0 unspecified atom stereocenters. The lowest BCUT2D eigenvalue weighted by molar-refractivity contribution is -0.143. The predicted molar refractivity (Wildman–Crippen MR) is 81.9 cm³/mol. The van der Waals surface area contributed by atoms with Crippen LogP contribution in [0.1, 0.15) is 19.8 Å². The topological polar surface area (TPSA) is 179 Å². The number of hydrogen-bond acceptors (Lipinski definition) is 7. The molecule has 0 aliphatic rings. The molecular weight excluding hydrogens is 330 g/mol. The number of nitrogens with one attached hydrogen (secondary N) is 2. The van der Waals surface area contributed by atoms with Crippen LogP contribution in [0.5, 0.6) is 0 Å². The molecule has 0 aliphatic heterocycles. The molecule has 0 saturated heterocycles. The summed E-state index contributed by atoms with van der Waals surface area (Å²) in [6.45, 7) is 1.30. The maximum absolute atomic E-state index is 12.0. The molecular formula is C12H21N3O7S. The van der Waals surface area contributed by atoms with Gasteiger partial charge in [0.2, 0.25) is 11.8 Å². The fourth-order valence-electron chi connectivity index (χ4n) is 1.48. The van der Waals surface area contributed by atoms with E-state index in [4.69, 9.17) is 15.9 Å². The molecule has 0 aromatic rings. The van der Waals surface area contributed by atoms with Crippen molar-refractivity contribution in [2.45, 2.75) is 44.0 Å². The van der Waals surface area contributed by atoms with Crippen molar-refractivity contribution in [2.24, 2.45) is 5.73 Å². The van der Waals surface area contributed by atoms with Crippen molar-refractivity contribution >= 4 is 36.4 Å². The highest BCUT2D eigenvalue weighted by Gasteiger charge is 2.28. The van der Waals surface area contributed by atoms with Crippen molar-refractivity contribution in [3.05, 3.63) is 0 Å². The number of rotatable bonds is 10. The van der Waals surface area contributed by atoms with Gasteiger partial charge in [0.25, 0.3) is 0 Å². The molecule has 0 bridgehead atoms. The number of carbonyl (C=O) groups excluding carboxylic acids is 2. The van der Waals surface area contributed by atoms with E-state index in [1.54, 1.807) is 0 Å². The maximum Gasteiger partial charge on any atom is 0.326 e. The highest BCUT2D eigenvalue weighted by Crippen LogP contribution is 2.00. The molecule has 0 aromatic heterocycles. The Morgan fingerprint density at radius 2 is 1.61 bits per heavy atom. The van der Waals surface area contributed by atoms with Crippen LogP contribution in [0, 0.1) is 0 Å². The summed E-state index contributed by atoms with van der Waals surface area (Å²) in [5, 5.41) is 31.1. The lowest BCUT2D eigenvalue weighted by Crippen LogP contribution is -2.57. The van der Waals surface area contributed by atoms with Crippen molar-refractivity contribution in [3.63, 3.8) is 0 Å². The first kappa shape index (κ1) is 21.1. The zero-order chi connectivity index (χ0) is 18.2. The summed E-state index contributed by atoms with van der Waals surface area (Å²) in [5.74, 6) is -4.39. The number of amides is 2. The number of aliphatic hydroxyl groups is 1. The fourth-order valence-corrected chi connectivity index (χ4v) is 1.74. The van der Waals surface area contributed by atoms with Gasteiger partial charge in [0.1, 0.15) is 18.1 Å². The predicted octanol–water partition coefficient (Wildman–Crippen LogP) is -2.46. The number of hydrogen-bond donors (Lipinski definition) is 7. The molecule has 10 nitrogen and oxygen atoms in total. The van der Waals surface area contributed by atoms with Gasteiger partial charge in [-0.05, 0) is 13.3 Å². The third kappa shape index (κ3) is 7.81. The molecule has 0 aliphatic carbocycles. The van der Waals surface area contributed by atoms with Gasteiger partial charge in [-0.3, -0.25) is 14.4 Å². The summed E-state index contributed by atoms with van der Waals surface area (Å²) in [6, 6.07) is -3.85. The number of carbonyl (C=O) groups is 4. The van der Waals surface area contributed by atoms with Crippen molar-refractivity contribution in [1.29, 1.82) is 0 Å². The number of aliphatic carboxylic acids is 2. The second kappa shape index (κ2) is 10.0. The minimum Gasteiger partial charge on any atom is -0.481 e. The average Bonchev–Trinajstić information content (AvgIpc) is 2.46. The smallest absolute Gasteiger partial charge is 0.326 e. The van der Waals surface area contributed by atoms with Crippen LogP contribution in [-0.4, -0.2) is 69.1 Å². The summed E-state index contributed by atoms with van der Waals surface area (Å²) < 4.78 is 0. The SMILES string of the molecule is C[C@@H](O)[C@H](N)C(=O)N[C@@H](CS)C(=O)N[C@@H](CCC(=O)O)C(=O)O. The van der Waals surface area contributed by atoms with Crippen LogP contribution in [0.4, 0.5) is 0 Å². The number of thiol groups is 1. The molecule has 0 radical (unpaired) electrons. The van der Waals surface area contributed by atoms with E-state index in [1.165, 1.54) is 6.92 Å². The van der Waals surface area contributed by atoms with E-state index in [0.717, 1.165) is 0 Å². The first-order chi connectivity index (χ1) is 10.6. The quantitative estimate of drug-likeness (QED) is 0.212. The van der Waals surface area contributed by atoms with Crippen LogP contribution in [0.2, 0.25) is 0 Å². The average molecular weight is 351 g/mol. The largest absolute Gasteiger partial charge is 0.481 e. The van der Waals surface area contributed by atoms with Crippen molar-refractivity contribution < 1.29 is 34.5 Å². The Hall–Kier alpha value is -1.85. The minimum atomic E-state index is -1.41. The lowest BCUT2D eigenvalue weighted by atomic mass is 10.1. The van der Waals surface area contributed by atoms with E-state index in [-0.39, 0.29) is 12.2 Å². The molecule has 23 heavy (non-hydrogen) atoms. The van der Waals surface area contributed by atoms with Crippen molar-refractivity contribution in [1.82, 2.24) is 10.6 Å². The molecule has 7 N–H and O–H groups in total. The van der Waals surface area contributed by atoms with E-state index in [1.807, 2.05) is 0 Å². The molecule has 0 heterocycles. The van der Waals surface area contributed by atoms with Crippen LogP contribution in [0.15, 0.2) is 0 Å². The summed E-state index contributed by atoms with van der Waals surface area (Å²) in [4.78, 5) is 45.1. The first-order valence-electron chi connectivity index (χ1n) is 6.70. The Kier molecular flexibility index (Phi) is 9.22. The third-order valence-electron chi connectivity index (χ3n) is 2.90. The second-order valence-electron chi connectivity index (χ2n) is 4.84. The zero-order valence-corrected chi connectivity index (χ0v) is 13.3. The molecule has 0 spiro atoms. The molecule has 0 saturated carbocycles. The molecule has 2 amide bonds. The summed E-state index contributed by atoms with van der Waals surface area (Å²) in [7, 11) is 0. The van der Waals surface area contributed by atoms with Gasteiger partial charge in [-0.15, -0.1) is 0 Å². The summed E-state index contributed by atoms with van der Waals surface area (Å²) in [6.07, 6.45) is -1.89. The highest BCUT2D eigenvalue weighted by molar-refractivity contribution is 7.80. The summed E-state index contributed by atoms with van der Waals surface area (Å²) in [5.41, 5.74) is 5.42. The Bertz CT molecular complexity index is 458. The van der Waals surface area contributed by atoms with Crippen molar-refractivity contribution in [2.75, 3.05) is 5.75 Å². The van der Waals surface area contributed by atoms with Gasteiger partial charge in [-0.25, -0.2) is 4.79 Å². The normalized spacial score (nSPS) is 15.8. The third-order valence-corrected chi connectivity index (χ3v) is 3.26. The Balaban J connectivity index is 4.76. The van der Waals surface area contributed by atoms with E-state index in [9.17, 15) is 24.3 Å².